The second-order valence-corrected chi connectivity index (χ2v) is 8.06. The van der Waals surface area contributed by atoms with Crippen LogP contribution in [-0.4, -0.2) is 14.6 Å². The summed E-state index contributed by atoms with van der Waals surface area (Å²) in [6.07, 6.45) is 1.55. The molecule has 6 heteroatoms. The zero-order chi connectivity index (χ0) is 19.4. The normalized spacial score (nSPS) is 11.7. The molecule has 0 aromatic heterocycles. The van der Waals surface area contributed by atoms with E-state index in [4.69, 9.17) is 15.8 Å². The lowest BCUT2D eigenvalue weighted by Crippen LogP contribution is -2.10. The molecule has 0 aliphatic carbocycles. The molecule has 0 bridgehead atoms. The molecule has 0 spiro atoms. The van der Waals surface area contributed by atoms with Crippen LogP contribution in [-0.2, 0) is 10.1 Å². The lowest BCUT2D eigenvalue weighted by atomic mass is 10.1. The van der Waals surface area contributed by atoms with Crippen LogP contribution >= 0.6 is 11.6 Å². The van der Waals surface area contributed by atoms with Gasteiger partial charge in [-0.15, -0.1) is 0 Å². The molecule has 3 aromatic carbocycles. The van der Waals surface area contributed by atoms with E-state index in [1.165, 1.54) is 18.2 Å². The summed E-state index contributed by atoms with van der Waals surface area (Å²) >= 11 is 6.07. The zero-order valence-electron chi connectivity index (χ0n) is 14.9. The first kappa shape index (κ1) is 19.1. The largest absolute Gasteiger partial charge is 0.378 e. The van der Waals surface area contributed by atoms with Crippen molar-refractivity contribution >= 4 is 33.6 Å². The number of hydrogen-bond donors (Lipinski definition) is 0. The van der Waals surface area contributed by atoms with Crippen LogP contribution in [0.5, 0.6) is 5.75 Å². The number of aryl methyl sites for hydroxylation is 2. The van der Waals surface area contributed by atoms with Gasteiger partial charge in [-0.1, -0.05) is 47.5 Å². The van der Waals surface area contributed by atoms with E-state index < -0.39 is 10.1 Å². The van der Waals surface area contributed by atoms with Gasteiger partial charge in [0.25, 0.3) is 0 Å². The Bertz CT molecular complexity index is 1090. The fourth-order valence-corrected chi connectivity index (χ4v) is 3.69. The third-order valence-electron chi connectivity index (χ3n) is 3.90. The van der Waals surface area contributed by atoms with E-state index in [1.807, 2.05) is 32.0 Å². The Morgan fingerprint density at radius 2 is 1.70 bits per heavy atom. The average Bonchev–Trinajstić information content (AvgIpc) is 2.63. The Morgan fingerprint density at radius 3 is 2.41 bits per heavy atom. The molecular formula is C21H18ClNO3S. The van der Waals surface area contributed by atoms with Crippen molar-refractivity contribution in [2.45, 2.75) is 18.7 Å². The van der Waals surface area contributed by atoms with E-state index in [1.54, 1.807) is 36.5 Å². The molecule has 0 saturated carbocycles. The molecular weight excluding hydrogens is 382 g/mol. The minimum Gasteiger partial charge on any atom is -0.378 e. The standard InChI is InChI=1S/C21H18ClNO3S/c1-15-8-10-20(16(2)12-15)23-14-17-13-18(22)9-11-21(17)26-27(24,25)19-6-4-3-5-7-19/h3-14H,1-2H3. The van der Waals surface area contributed by atoms with Crippen molar-refractivity contribution in [2.75, 3.05) is 0 Å². The van der Waals surface area contributed by atoms with E-state index in [0.717, 1.165) is 16.8 Å². The van der Waals surface area contributed by atoms with Crippen LogP contribution in [0.3, 0.4) is 0 Å². The van der Waals surface area contributed by atoms with Gasteiger partial charge in [-0.3, -0.25) is 4.99 Å². The molecule has 0 heterocycles. The Kier molecular flexibility index (Phi) is 5.63. The highest BCUT2D eigenvalue weighted by Gasteiger charge is 2.18. The summed E-state index contributed by atoms with van der Waals surface area (Å²) in [5.74, 6) is 0.164. The van der Waals surface area contributed by atoms with Crippen molar-refractivity contribution in [3.05, 3.63) is 88.4 Å². The predicted octanol–water partition coefficient (Wildman–Crippen LogP) is 5.48. The highest BCUT2D eigenvalue weighted by Crippen LogP contribution is 2.26. The van der Waals surface area contributed by atoms with Crippen molar-refractivity contribution in [3.8, 4) is 5.75 Å². The minimum absolute atomic E-state index is 0.0808. The van der Waals surface area contributed by atoms with Crippen LogP contribution in [0, 0.1) is 13.8 Å². The maximum Gasteiger partial charge on any atom is 0.339 e. The SMILES string of the molecule is Cc1ccc(N=Cc2cc(Cl)ccc2OS(=O)(=O)c2ccccc2)c(C)c1. The molecule has 0 saturated heterocycles. The first-order chi connectivity index (χ1) is 12.8. The van der Waals surface area contributed by atoms with Crippen LogP contribution < -0.4 is 4.18 Å². The van der Waals surface area contributed by atoms with Gasteiger partial charge in [-0.05, 0) is 55.8 Å². The van der Waals surface area contributed by atoms with Gasteiger partial charge in [0.2, 0.25) is 0 Å². The Balaban J connectivity index is 1.95. The van der Waals surface area contributed by atoms with E-state index in [9.17, 15) is 8.42 Å². The number of rotatable bonds is 5. The van der Waals surface area contributed by atoms with Gasteiger partial charge in [-0.2, -0.15) is 8.42 Å². The number of halogens is 1. The maximum atomic E-state index is 12.5. The van der Waals surface area contributed by atoms with Gasteiger partial charge >= 0.3 is 10.1 Å². The molecule has 138 valence electrons. The van der Waals surface area contributed by atoms with Crippen LogP contribution in [0.25, 0.3) is 0 Å². The van der Waals surface area contributed by atoms with Gasteiger partial charge in [0, 0.05) is 16.8 Å². The first-order valence-corrected chi connectivity index (χ1v) is 10.0. The molecule has 0 fully saturated rings. The van der Waals surface area contributed by atoms with Crippen molar-refractivity contribution in [3.63, 3.8) is 0 Å². The predicted molar refractivity (Wildman–Crippen MR) is 109 cm³/mol. The molecule has 0 aliphatic heterocycles. The van der Waals surface area contributed by atoms with Crippen LogP contribution in [0.1, 0.15) is 16.7 Å². The molecule has 0 aliphatic rings. The minimum atomic E-state index is -3.95. The molecule has 0 radical (unpaired) electrons. The number of hydrogen-bond acceptors (Lipinski definition) is 4. The maximum absolute atomic E-state index is 12.5. The van der Waals surface area contributed by atoms with Gasteiger partial charge in [0.05, 0.1) is 5.69 Å². The highest BCUT2D eigenvalue weighted by atomic mass is 35.5. The van der Waals surface area contributed by atoms with Crippen LogP contribution in [0.2, 0.25) is 5.02 Å². The van der Waals surface area contributed by atoms with E-state index in [0.29, 0.717) is 10.6 Å². The summed E-state index contributed by atoms with van der Waals surface area (Å²) in [7, 11) is -3.95. The summed E-state index contributed by atoms with van der Waals surface area (Å²) in [6.45, 7) is 3.98. The highest BCUT2D eigenvalue weighted by molar-refractivity contribution is 7.87. The summed E-state index contributed by atoms with van der Waals surface area (Å²) in [4.78, 5) is 4.54. The van der Waals surface area contributed by atoms with E-state index in [-0.39, 0.29) is 10.6 Å². The molecule has 4 nitrogen and oxygen atoms in total. The lowest BCUT2D eigenvalue weighted by molar-refractivity contribution is 0.485. The van der Waals surface area contributed by atoms with Gasteiger partial charge < -0.3 is 4.18 Å². The van der Waals surface area contributed by atoms with Gasteiger partial charge in [-0.25, -0.2) is 0 Å². The third kappa shape index (κ3) is 4.76. The molecule has 0 amide bonds. The fourth-order valence-electron chi connectivity index (χ4n) is 2.54. The summed E-state index contributed by atoms with van der Waals surface area (Å²) in [5, 5.41) is 0.460. The fraction of sp³-hybridized carbons (Fsp3) is 0.0952. The van der Waals surface area contributed by atoms with Crippen molar-refractivity contribution in [1.82, 2.24) is 0 Å². The second kappa shape index (κ2) is 7.94. The number of benzene rings is 3. The van der Waals surface area contributed by atoms with Crippen LogP contribution in [0.4, 0.5) is 5.69 Å². The molecule has 3 rings (SSSR count). The third-order valence-corrected chi connectivity index (χ3v) is 5.38. The Hall–Kier alpha value is -2.63. The lowest BCUT2D eigenvalue weighted by Gasteiger charge is -2.10. The molecule has 0 atom stereocenters. The summed E-state index contributed by atoms with van der Waals surface area (Å²) in [6, 6.07) is 18.6. The summed E-state index contributed by atoms with van der Waals surface area (Å²) in [5.41, 5.74) is 3.43. The molecule has 0 N–H and O–H groups in total. The summed E-state index contributed by atoms with van der Waals surface area (Å²) < 4.78 is 30.3. The number of aliphatic imine (C=N–C) groups is 1. The topological polar surface area (TPSA) is 55.7 Å². The monoisotopic (exact) mass is 399 g/mol. The van der Waals surface area contributed by atoms with Crippen molar-refractivity contribution < 1.29 is 12.6 Å². The van der Waals surface area contributed by atoms with Crippen LogP contribution in [0.15, 0.2) is 76.6 Å². The van der Waals surface area contributed by atoms with E-state index in [2.05, 4.69) is 4.99 Å². The quantitative estimate of drug-likeness (QED) is 0.422. The first-order valence-electron chi connectivity index (χ1n) is 8.25. The van der Waals surface area contributed by atoms with Gasteiger partial charge in [0.15, 0.2) is 5.75 Å². The smallest absolute Gasteiger partial charge is 0.339 e. The van der Waals surface area contributed by atoms with Gasteiger partial charge in [0.1, 0.15) is 4.90 Å². The average molecular weight is 400 g/mol. The molecule has 0 unspecified atom stereocenters. The Morgan fingerprint density at radius 1 is 0.963 bits per heavy atom. The van der Waals surface area contributed by atoms with Crippen molar-refractivity contribution in [1.29, 1.82) is 0 Å². The zero-order valence-corrected chi connectivity index (χ0v) is 16.5. The Labute approximate surface area is 164 Å². The number of nitrogens with zero attached hydrogens (tertiary/aromatic N) is 1. The second-order valence-electron chi connectivity index (χ2n) is 6.08. The molecule has 27 heavy (non-hydrogen) atoms. The van der Waals surface area contributed by atoms with E-state index >= 15 is 0 Å². The molecule has 3 aromatic rings. The van der Waals surface area contributed by atoms with Crippen molar-refractivity contribution in [2.24, 2.45) is 4.99 Å².